The highest BCUT2D eigenvalue weighted by Gasteiger charge is 2.14. The normalized spacial score (nSPS) is 11.8. The fourth-order valence-electron chi connectivity index (χ4n) is 1.64. The van der Waals surface area contributed by atoms with Gasteiger partial charge in [-0.2, -0.15) is 0 Å². The third-order valence-corrected chi connectivity index (χ3v) is 2.61. The molecule has 1 atom stereocenters. The quantitative estimate of drug-likeness (QED) is 0.653. The Labute approximate surface area is 110 Å². The maximum atomic E-state index is 11.6. The van der Waals surface area contributed by atoms with Crippen LogP contribution in [0.3, 0.4) is 0 Å². The van der Waals surface area contributed by atoms with Gasteiger partial charge in [-0.1, -0.05) is 30.3 Å². The molecule has 0 saturated heterocycles. The molecule has 2 aromatic rings. The van der Waals surface area contributed by atoms with Crippen molar-refractivity contribution < 1.29 is 19.7 Å². The maximum Gasteiger partial charge on any atom is 0.314 e. The molecule has 4 heteroatoms. The number of hydrogen-bond acceptors (Lipinski definition) is 4. The molecule has 0 fully saturated rings. The molecule has 0 bridgehead atoms. The van der Waals surface area contributed by atoms with E-state index in [2.05, 4.69) is 0 Å². The number of hydrogen-bond donors (Lipinski definition) is 2. The number of phenolic OH excluding ortho intramolecular Hbond substituents is 1. The van der Waals surface area contributed by atoms with Crippen LogP contribution in [0.4, 0.5) is 0 Å². The molecule has 4 nitrogen and oxygen atoms in total. The average Bonchev–Trinajstić information content (AvgIpc) is 2.42. The van der Waals surface area contributed by atoms with Gasteiger partial charge in [0.2, 0.25) is 0 Å². The lowest BCUT2D eigenvalue weighted by Crippen LogP contribution is -2.12. The second-order valence-electron chi connectivity index (χ2n) is 4.10. The highest BCUT2D eigenvalue weighted by atomic mass is 16.5. The zero-order valence-electron chi connectivity index (χ0n) is 10.2. The fourth-order valence-corrected chi connectivity index (χ4v) is 1.64. The molecule has 2 N–H and O–H groups in total. The molecule has 0 heterocycles. The monoisotopic (exact) mass is 258 g/mol. The number of carbonyl (C=O) groups is 1. The number of aliphatic hydroxyl groups is 1. The molecule has 19 heavy (non-hydrogen) atoms. The first kappa shape index (κ1) is 13.1. The standard InChI is InChI=1S/C15H14O4/c16-12-6-8-13(9-7-12)19-15(18)10-14(17)11-4-2-1-3-5-11/h1-9,14,16-17H,10H2. The summed E-state index contributed by atoms with van der Waals surface area (Å²) in [5.74, 6) is -0.0887. The highest BCUT2D eigenvalue weighted by molar-refractivity contribution is 5.73. The summed E-state index contributed by atoms with van der Waals surface area (Å²) >= 11 is 0. The van der Waals surface area contributed by atoms with E-state index in [1.54, 1.807) is 24.3 Å². The van der Waals surface area contributed by atoms with E-state index in [0.717, 1.165) is 0 Å². The minimum Gasteiger partial charge on any atom is -0.508 e. The molecule has 0 amide bonds. The molecule has 2 rings (SSSR count). The summed E-state index contributed by atoms with van der Waals surface area (Å²) in [6, 6.07) is 14.8. The SMILES string of the molecule is O=C(CC(O)c1ccccc1)Oc1ccc(O)cc1. The minimum atomic E-state index is -0.884. The third kappa shape index (κ3) is 3.82. The summed E-state index contributed by atoms with van der Waals surface area (Å²) in [6.45, 7) is 0. The first-order chi connectivity index (χ1) is 9.15. The predicted molar refractivity (Wildman–Crippen MR) is 69.8 cm³/mol. The zero-order valence-corrected chi connectivity index (χ0v) is 10.2. The molecule has 98 valence electrons. The van der Waals surface area contributed by atoms with Crippen LogP contribution in [0, 0.1) is 0 Å². The minimum absolute atomic E-state index is 0.101. The third-order valence-electron chi connectivity index (χ3n) is 2.61. The Kier molecular flexibility index (Phi) is 4.15. The van der Waals surface area contributed by atoms with E-state index in [9.17, 15) is 9.90 Å². The molecule has 0 aliphatic carbocycles. The van der Waals surface area contributed by atoms with E-state index in [0.29, 0.717) is 11.3 Å². The van der Waals surface area contributed by atoms with Crippen LogP contribution in [0.2, 0.25) is 0 Å². The van der Waals surface area contributed by atoms with Gasteiger partial charge in [0.15, 0.2) is 0 Å². The van der Waals surface area contributed by atoms with Crippen molar-refractivity contribution in [3.8, 4) is 11.5 Å². The van der Waals surface area contributed by atoms with Crippen molar-refractivity contribution in [1.29, 1.82) is 0 Å². The number of aliphatic hydroxyl groups excluding tert-OH is 1. The van der Waals surface area contributed by atoms with Crippen LogP contribution in [0.15, 0.2) is 54.6 Å². The van der Waals surface area contributed by atoms with Crippen LogP contribution >= 0.6 is 0 Å². The van der Waals surface area contributed by atoms with Gasteiger partial charge >= 0.3 is 5.97 Å². The molecule has 0 saturated carbocycles. The number of aromatic hydroxyl groups is 1. The molecule has 0 spiro atoms. The fraction of sp³-hybridized carbons (Fsp3) is 0.133. The molecule has 0 radical (unpaired) electrons. The van der Waals surface area contributed by atoms with Crippen molar-refractivity contribution in [3.63, 3.8) is 0 Å². The van der Waals surface area contributed by atoms with Gasteiger partial charge in [0, 0.05) is 0 Å². The molecule has 2 aromatic carbocycles. The van der Waals surface area contributed by atoms with Crippen LogP contribution in [0.1, 0.15) is 18.1 Å². The zero-order chi connectivity index (χ0) is 13.7. The number of carbonyl (C=O) groups excluding carboxylic acids is 1. The van der Waals surface area contributed by atoms with E-state index in [1.807, 2.05) is 6.07 Å². The second kappa shape index (κ2) is 6.02. The van der Waals surface area contributed by atoms with Crippen LogP contribution in [0.5, 0.6) is 11.5 Å². The molecule has 0 aliphatic heterocycles. The van der Waals surface area contributed by atoms with E-state index in [4.69, 9.17) is 9.84 Å². The lowest BCUT2D eigenvalue weighted by atomic mass is 10.1. The summed E-state index contributed by atoms with van der Waals surface area (Å²) < 4.78 is 5.05. The first-order valence-corrected chi connectivity index (χ1v) is 5.88. The summed E-state index contributed by atoms with van der Waals surface area (Å²) in [7, 11) is 0. The van der Waals surface area contributed by atoms with Gasteiger partial charge in [-0.05, 0) is 29.8 Å². The Morgan fingerprint density at radius 1 is 1.05 bits per heavy atom. The Bertz CT molecular complexity index is 534. The van der Waals surface area contributed by atoms with Crippen molar-refractivity contribution in [2.45, 2.75) is 12.5 Å². The average molecular weight is 258 g/mol. The van der Waals surface area contributed by atoms with E-state index in [1.165, 1.54) is 24.3 Å². The van der Waals surface area contributed by atoms with E-state index >= 15 is 0 Å². The Morgan fingerprint density at radius 2 is 1.68 bits per heavy atom. The summed E-state index contributed by atoms with van der Waals surface area (Å²) in [4.78, 5) is 11.6. The predicted octanol–water partition coefficient (Wildman–Crippen LogP) is 2.42. The highest BCUT2D eigenvalue weighted by Crippen LogP contribution is 2.19. The van der Waals surface area contributed by atoms with Crippen LogP contribution in [-0.2, 0) is 4.79 Å². The van der Waals surface area contributed by atoms with Gasteiger partial charge in [0.05, 0.1) is 12.5 Å². The van der Waals surface area contributed by atoms with Gasteiger partial charge in [-0.3, -0.25) is 4.79 Å². The number of rotatable bonds is 4. The van der Waals surface area contributed by atoms with Crippen molar-refractivity contribution in [3.05, 3.63) is 60.2 Å². The van der Waals surface area contributed by atoms with Gasteiger partial charge in [0.25, 0.3) is 0 Å². The Balaban J connectivity index is 1.93. The molecular formula is C15H14O4. The first-order valence-electron chi connectivity index (χ1n) is 5.88. The van der Waals surface area contributed by atoms with Crippen molar-refractivity contribution in [2.75, 3.05) is 0 Å². The smallest absolute Gasteiger partial charge is 0.314 e. The second-order valence-corrected chi connectivity index (χ2v) is 4.10. The number of esters is 1. The van der Waals surface area contributed by atoms with Crippen LogP contribution < -0.4 is 4.74 Å². The lowest BCUT2D eigenvalue weighted by Gasteiger charge is -2.10. The lowest BCUT2D eigenvalue weighted by molar-refractivity contribution is -0.136. The van der Waals surface area contributed by atoms with Crippen molar-refractivity contribution in [2.24, 2.45) is 0 Å². The molecule has 0 aliphatic rings. The topological polar surface area (TPSA) is 66.8 Å². The van der Waals surface area contributed by atoms with Gasteiger partial charge in [-0.15, -0.1) is 0 Å². The van der Waals surface area contributed by atoms with Crippen molar-refractivity contribution >= 4 is 5.97 Å². The Hall–Kier alpha value is -2.33. The Morgan fingerprint density at radius 3 is 2.32 bits per heavy atom. The van der Waals surface area contributed by atoms with Gasteiger partial charge < -0.3 is 14.9 Å². The number of phenols is 1. The van der Waals surface area contributed by atoms with Crippen LogP contribution in [-0.4, -0.2) is 16.2 Å². The van der Waals surface area contributed by atoms with Crippen LogP contribution in [0.25, 0.3) is 0 Å². The molecular weight excluding hydrogens is 244 g/mol. The summed E-state index contributed by atoms with van der Waals surface area (Å²) in [5.41, 5.74) is 0.671. The van der Waals surface area contributed by atoms with Gasteiger partial charge in [0.1, 0.15) is 11.5 Å². The number of ether oxygens (including phenoxy) is 1. The largest absolute Gasteiger partial charge is 0.508 e. The van der Waals surface area contributed by atoms with E-state index in [-0.39, 0.29) is 12.2 Å². The molecule has 1 unspecified atom stereocenters. The maximum absolute atomic E-state index is 11.6. The van der Waals surface area contributed by atoms with E-state index < -0.39 is 12.1 Å². The van der Waals surface area contributed by atoms with Gasteiger partial charge in [-0.25, -0.2) is 0 Å². The number of benzene rings is 2. The summed E-state index contributed by atoms with van der Waals surface area (Å²) in [5, 5.41) is 19.0. The molecule has 0 aromatic heterocycles. The van der Waals surface area contributed by atoms with Crippen molar-refractivity contribution in [1.82, 2.24) is 0 Å². The summed E-state index contributed by atoms with van der Waals surface area (Å²) in [6.07, 6.45) is -1.00.